The molecule has 0 amide bonds. The van der Waals surface area contributed by atoms with E-state index in [1.54, 1.807) is 10.7 Å². The van der Waals surface area contributed by atoms with Crippen LogP contribution < -0.4 is 0 Å². The first-order valence-corrected chi connectivity index (χ1v) is 5.54. The van der Waals surface area contributed by atoms with Gasteiger partial charge < -0.3 is 0 Å². The minimum absolute atomic E-state index is 0.647. The lowest BCUT2D eigenvalue weighted by Gasteiger charge is -2.06. The predicted octanol–water partition coefficient (Wildman–Crippen LogP) is 2.37. The van der Waals surface area contributed by atoms with E-state index in [4.69, 9.17) is 0 Å². The topological polar surface area (TPSA) is 47.8 Å². The maximum absolute atomic E-state index is 10.8. The molecule has 0 unspecified atom stereocenters. The summed E-state index contributed by atoms with van der Waals surface area (Å²) in [5.74, 6) is 0. The van der Waals surface area contributed by atoms with Crippen molar-refractivity contribution in [1.29, 1.82) is 0 Å². The number of aromatic nitrogens is 3. The Morgan fingerprint density at radius 3 is 2.75 bits per heavy atom. The lowest BCUT2D eigenvalue weighted by Crippen LogP contribution is -1.96. The van der Waals surface area contributed by atoms with Crippen LogP contribution in [-0.2, 0) is 7.05 Å². The molecule has 0 aliphatic carbocycles. The molecular formula is C11H10BrN3O. The highest BCUT2D eigenvalue weighted by atomic mass is 79.9. The smallest absolute Gasteiger partial charge is 0.156 e. The van der Waals surface area contributed by atoms with E-state index < -0.39 is 0 Å². The van der Waals surface area contributed by atoms with E-state index in [0.29, 0.717) is 10.2 Å². The Kier molecular flexibility index (Phi) is 2.87. The Morgan fingerprint density at radius 2 is 2.19 bits per heavy atom. The summed E-state index contributed by atoms with van der Waals surface area (Å²) in [6.45, 7) is 1.99. The van der Waals surface area contributed by atoms with Gasteiger partial charge in [-0.3, -0.25) is 4.79 Å². The fourth-order valence-electron chi connectivity index (χ4n) is 1.59. The summed E-state index contributed by atoms with van der Waals surface area (Å²) in [6, 6.07) is 5.55. The molecule has 0 saturated carbocycles. The van der Waals surface area contributed by atoms with Crippen LogP contribution in [0.15, 0.2) is 22.8 Å². The van der Waals surface area contributed by atoms with Crippen molar-refractivity contribution in [2.24, 2.45) is 7.05 Å². The standard InChI is InChI=1S/C11H10BrN3O/c1-7-3-4-8(6-16)5-9(7)10-11(12)13-14-15(10)2/h3-6H,1-2H3. The third kappa shape index (κ3) is 1.78. The number of hydrogen-bond donors (Lipinski definition) is 0. The molecular weight excluding hydrogens is 270 g/mol. The molecule has 2 aromatic rings. The van der Waals surface area contributed by atoms with E-state index in [1.807, 2.05) is 26.1 Å². The van der Waals surface area contributed by atoms with Crippen LogP contribution in [0.3, 0.4) is 0 Å². The summed E-state index contributed by atoms with van der Waals surface area (Å²) in [7, 11) is 1.82. The lowest BCUT2D eigenvalue weighted by molar-refractivity contribution is 0.112. The average Bonchev–Trinajstić information content (AvgIpc) is 2.60. The first-order chi connectivity index (χ1) is 7.63. The van der Waals surface area contributed by atoms with E-state index in [9.17, 15) is 4.79 Å². The Morgan fingerprint density at radius 1 is 1.44 bits per heavy atom. The third-order valence-corrected chi connectivity index (χ3v) is 2.97. The maximum Gasteiger partial charge on any atom is 0.156 e. The molecule has 4 nitrogen and oxygen atoms in total. The molecule has 0 radical (unpaired) electrons. The third-order valence-electron chi connectivity index (χ3n) is 2.44. The number of aryl methyl sites for hydroxylation is 2. The molecule has 2 rings (SSSR count). The molecule has 0 aliphatic heterocycles. The molecule has 0 fully saturated rings. The highest BCUT2D eigenvalue weighted by Gasteiger charge is 2.13. The second-order valence-corrected chi connectivity index (χ2v) is 4.30. The van der Waals surface area contributed by atoms with Crippen molar-refractivity contribution in [1.82, 2.24) is 15.0 Å². The number of carbonyl (C=O) groups is 1. The summed E-state index contributed by atoms with van der Waals surface area (Å²) in [6.07, 6.45) is 0.834. The number of rotatable bonds is 2. The zero-order valence-corrected chi connectivity index (χ0v) is 10.5. The zero-order valence-electron chi connectivity index (χ0n) is 8.94. The Bertz CT molecular complexity index is 529. The SMILES string of the molecule is Cc1ccc(C=O)cc1-c1c(Br)nnn1C. The lowest BCUT2D eigenvalue weighted by atomic mass is 10.0. The minimum Gasteiger partial charge on any atom is -0.298 e. The van der Waals surface area contributed by atoms with Gasteiger partial charge in [0, 0.05) is 18.2 Å². The van der Waals surface area contributed by atoms with E-state index in [-0.39, 0.29) is 0 Å². The molecule has 0 atom stereocenters. The summed E-state index contributed by atoms with van der Waals surface area (Å²) in [5, 5.41) is 7.85. The van der Waals surface area contributed by atoms with Gasteiger partial charge in [0.05, 0.1) is 0 Å². The van der Waals surface area contributed by atoms with Crippen LogP contribution in [0, 0.1) is 6.92 Å². The molecule has 16 heavy (non-hydrogen) atoms. The van der Waals surface area contributed by atoms with Crippen LogP contribution in [0.1, 0.15) is 15.9 Å². The van der Waals surface area contributed by atoms with Gasteiger partial charge in [-0.05, 0) is 34.5 Å². The van der Waals surface area contributed by atoms with E-state index in [1.165, 1.54) is 0 Å². The van der Waals surface area contributed by atoms with Gasteiger partial charge >= 0.3 is 0 Å². The molecule has 0 saturated heterocycles. The number of halogens is 1. The second-order valence-electron chi connectivity index (χ2n) is 3.54. The Balaban J connectivity index is 2.67. The largest absolute Gasteiger partial charge is 0.298 e. The first kappa shape index (κ1) is 11.0. The van der Waals surface area contributed by atoms with Crippen molar-refractivity contribution < 1.29 is 4.79 Å². The van der Waals surface area contributed by atoms with Gasteiger partial charge in [0.2, 0.25) is 0 Å². The van der Waals surface area contributed by atoms with Crippen LogP contribution in [-0.4, -0.2) is 21.3 Å². The summed E-state index contributed by atoms with van der Waals surface area (Å²) in [5.41, 5.74) is 3.57. The van der Waals surface area contributed by atoms with Gasteiger partial charge in [-0.15, -0.1) is 5.10 Å². The average molecular weight is 280 g/mol. The van der Waals surface area contributed by atoms with E-state index in [2.05, 4.69) is 26.2 Å². The normalized spacial score (nSPS) is 10.4. The van der Waals surface area contributed by atoms with Crippen LogP contribution in [0.4, 0.5) is 0 Å². The number of nitrogens with zero attached hydrogens (tertiary/aromatic N) is 3. The maximum atomic E-state index is 10.8. The molecule has 1 heterocycles. The van der Waals surface area contributed by atoms with Crippen molar-refractivity contribution in [3.8, 4) is 11.3 Å². The van der Waals surface area contributed by atoms with Crippen molar-refractivity contribution in [2.75, 3.05) is 0 Å². The van der Waals surface area contributed by atoms with Crippen LogP contribution >= 0.6 is 15.9 Å². The monoisotopic (exact) mass is 279 g/mol. The zero-order chi connectivity index (χ0) is 11.7. The fourth-order valence-corrected chi connectivity index (χ4v) is 2.13. The van der Waals surface area contributed by atoms with Crippen LogP contribution in [0.2, 0.25) is 0 Å². The van der Waals surface area contributed by atoms with Gasteiger partial charge in [-0.2, -0.15) is 0 Å². The van der Waals surface area contributed by atoms with Gasteiger partial charge in [-0.25, -0.2) is 4.68 Å². The molecule has 1 aromatic heterocycles. The summed E-state index contributed by atoms with van der Waals surface area (Å²) >= 11 is 3.35. The second kappa shape index (κ2) is 4.17. The summed E-state index contributed by atoms with van der Waals surface area (Å²) in [4.78, 5) is 10.8. The molecule has 1 aromatic carbocycles. The molecule has 5 heteroatoms. The summed E-state index contributed by atoms with van der Waals surface area (Å²) < 4.78 is 2.36. The van der Waals surface area contributed by atoms with Crippen LogP contribution in [0.5, 0.6) is 0 Å². The highest BCUT2D eigenvalue weighted by Crippen LogP contribution is 2.28. The minimum atomic E-state index is 0.647. The fraction of sp³-hybridized carbons (Fsp3) is 0.182. The van der Waals surface area contributed by atoms with E-state index in [0.717, 1.165) is 23.1 Å². The highest BCUT2D eigenvalue weighted by molar-refractivity contribution is 9.10. The van der Waals surface area contributed by atoms with Gasteiger partial charge in [-0.1, -0.05) is 17.3 Å². The van der Waals surface area contributed by atoms with Gasteiger partial charge in [0.25, 0.3) is 0 Å². The number of benzene rings is 1. The predicted molar refractivity (Wildman–Crippen MR) is 64.3 cm³/mol. The van der Waals surface area contributed by atoms with Crippen LogP contribution in [0.25, 0.3) is 11.3 Å². The number of aldehydes is 1. The molecule has 0 bridgehead atoms. The van der Waals surface area contributed by atoms with Gasteiger partial charge in [0.1, 0.15) is 12.0 Å². The van der Waals surface area contributed by atoms with Gasteiger partial charge in [0.15, 0.2) is 4.60 Å². The molecule has 0 N–H and O–H groups in total. The Hall–Kier alpha value is -1.49. The Labute approximate surface area is 101 Å². The van der Waals surface area contributed by atoms with Crippen molar-refractivity contribution in [3.63, 3.8) is 0 Å². The molecule has 82 valence electrons. The first-order valence-electron chi connectivity index (χ1n) is 4.75. The van der Waals surface area contributed by atoms with Crippen molar-refractivity contribution in [3.05, 3.63) is 33.9 Å². The molecule has 0 spiro atoms. The number of carbonyl (C=O) groups excluding carboxylic acids is 1. The van der Waals surface area contributed by atoms with E-state index >= 15 is 0 Å². The molecule has 0 aliphatic rings. The number of hydrogen-bond acceptors (Lipinski definition) is 3. The quantitative estimate of drug-likeness (QED) is 0.793. The van der Waals surface area contributed by atoms with Crippen molar-refractivity contribution >= 4 is 22.2 Å². The van der Waals surface area contributed by atoms with Crippen molar-refractivity contribution in [2.45, 2.75) is 6.92 Å².